The molecule has 5 heteroatoms. The van der Waals surface area contributed by atoms with Crippen LogP contribution in [0.4, 0.5) is 0 Å². The van der Waals surface area contributed by atoms with Gasteiger partial charge in [-0.3, -0.25) is 4.79 Å². The molecule has 0 radical (unpaired) electrons. The van der Waals surface area contributed by atoms with Crippen molar-refractivity contribution in [1.82, 2.24) is 4.57 Å². The molecule has 0 atom stereocenters. The van der Waals surface area contributed by atoms with Crippen molar-refractivity contribution in [3.63, 3.8) is 0 Å². The van der Waals surface area contributed by atoms with Gasteiger partial charge in [-0.1, -0.05) is 34.1 Å². The first kappa shape index (κ1) is 16.8. The van der Waals surface area contributed by atoms with Crippen LogP contribution >= 0.6 is 15.9 Å². The van der Waals surface area contributed by atoms with Crippen LogP contribution in [-0.2, 0) is 16.1 Å². The molecule has 0 N–H and O–H groups in total. The fourth-order valence-corrected chi connectivity index (χ4v) is 3.10. The lowest BCUT2D eigenvalue weighted by Gasteiger charge is -2.09. The van der Waals surface area contributed by atoms with Gasteiger partial charge in [0.1, 0.15) is 12.3 Å². The van der Waals surface area contributed by atoms with Crippen molar-refractivity contribution in [2.75, 3.05) is 18.5 Å². The Labute approximate surface area is 149 Å². The van der Waals surface area contributed by atoms with Crippen LogP contribution in [0.1, 0.15) is 13.3 Å². The first-order valence-electron chi connectivity index (χ1n) is 8.10. The summed E-state index contributed by atoms with van der Waals surface area (Å²) in [7, 11) is 0. The Kier molecular flexibility index (Phi) is 5.41. The number of para-hydroxylation sites is 1. The number of benzene rings is 2. The lowest BCUT2D eigenvalue weighted by atomic mass is 10.1. The molecule has 24 heavy (non-hydrogen) atoms. The van der Waals surface area contributed by atoms with E-state index in [1.54, 1.807) is 0 Å². The molecule has 0 aliphatic rings. The summed E-state index contributed by atoms with van der Waals surface area (Å²) in [5.74, 6) is 0.585. The summed E-state index contributed by atoms with van der Waals surface area (Å²) >= 11 is 3.40. The molecule has 4 nitrogen and oxygen atoms in total. The van der Waals surface area contributed by atoms with Crippen molar-refractivity contribution < 1.29 is 14.3 Å². The second kappa shape index (κ2) is 7.71. The van der Waals surface area contributed by atoms with Gasteiger partial charge in [0.05, 0.1) is 18.7 Å². The summed E-state index contributed by atoms with van der Waals surface area (Å²) in [6.45, 7) is 3.06. The SMILES string of the molecule is CCOC(=O)Cn1c2ccccc2c2ccc(OCCCBr)cc21. The van der Waals surface area contributed by atoms with Crippen molar-refractivity contribution in [3.05, 3.63) is 42.5 Å². The number of alkyl halides is 1. The maximum absolute atomic E-state index is 12.0. The van der Waals surface area contributed by atoms with E-state index in [1.165, 1.54) is 0 Å². The molecule has 0 aliphatic heterocycles. The van der Waals surface area contributed by atoms with Crippen molar-refractivity contribution in [2.24, 2.45) is 0 Å². The molecule has 0 spiro atoms. The van der Waals surface area contributed by atoms with Crippen LogP contribution in [0.25, 0.3) is 21.8 Å². The van der Waals surface area contributed by atoms with Gasteiger partial charge in [0, 0.05) is 27.7 Å². The number of rotatable bonds is 7. The van der Waals surface area contributed by atoms with Gasteiger partial charge in [-0.25, -0.2) is 0 Å². The third kappa shape index (κ3) is 3.41. The zero-order valence-corrected chi connectivity index (χ0v) is 15.2. The van der Waals surface area contributed by atoms with Crippen molar-refractivity contribution in [3.8, 4) is 5.75 Å². The number of ether oxygens (including phenoxy) is 2. The van der Waals surface area contributed by atoms with Crippen LogP contribution in [0, 0.1) is 0 Å². The molecule has 3 aromatic rings. The number of halogens is 1. The Morgan fingerprint density at radius 2 is 1.92 bits per heavy atom. The molecule has 0 unspecified atom stereocenters. The van der Waals surface area contributed by atoms with Crippen LogP contribution in [0.15, 0.2) is 42.5 Å². The molecular weight excluding hydrogens is 370 g/mol. The highest BCUT2D eigenvalue weighted by Gasteiger charge is 2.14. The third-order valence-electron chi connectivity index (χ3n) is 3.88. The van der Waals surface area contributed by atoms with E-state index < -0.39 is 0 Å². The van der Waals surface area contributed by atoms with Gasteiger partial charge in [-0.05, 0) is 31.5 Å². The molecule has 0 amide bonds. The maximum Gasteiger partial charge on any atom is 0.325 e. The largest absolute Gasteiger partial charge is 0.493 e. The second-order valence-electron chi connectivity index (χ2n) is 5.48. The van der Waals surface area contributed by atoms with E-state index in [-0.39, 0.29) is 12.5 Å². The quantitative estimate of drug-likeness (QED) is 0.338. The summed E-state index contributed by atoms with van der Waals surface area (Å²) in [6, 6.07) is 14.1. The Hall–Kier alpha value is -2.01. The van der Waals surface area contributed by atoms with E-state index >= 15 is 0 Å². The van der Waals surface area contributed by atoms with E-state index in [4.69, 9.17) is 9.47 Å². The summed E-state index contributed by atoms with van der Waals surface area (Å²) in [5.41, 5.74) is 2.01. The number of nitrogens with zero attached hydrogens (tertiary/aromatic N) is 1. The molecule has 0 fully saturated rings. The molecular formula is C19H20BrNO3. The minimum absolute atomic E-state index is 0.197. The summed E-state index contributed by atoms with van der Waals surface area (Å²) in [6.07, 6.45) is 0.948. The second-order valence-corrected chi connectivity index (χ2v) is 6.27. The Morgan fingerprint density at radius 3 is 2.71 bits per heavy atom. The minimum atomic E-state index is -0.231. The van der Waals surface area contributed by atoms with Crippen LogP contribution in [0.3, 0.4) is 0 Å². The molecule has 0 saturated heterocycles. The van der Waals surface area contributed by atoms with Crippen LogP contribution in [-0.4, -0.2) is 29.1 Å². The van der Waals surface area contributed by atoms with Gasteiger partial charge in [0.2, 0.25) is 0 Å². The predicted octanol–water partition coefficient (Wildman–Crippen LogP) is 4.52. The average Bonchev–Trinajstić information content (AvgIpc) is 2.89. The number of carbonyl (C=O) groups excluding carboxylic acids is 1. The summed E-state index contributed by atoms with van der Waals surface area (Å²) in [5, 5.41) is 3.16. The first-order valence-corrected chi connectivity index (χ1v) is 9.22. The van der Waals surface area contributed by atoms with Crippen LogP contribution in [0.5, 0.6) is 5.75 Å². The number of esters is 1. The summed E-state index contributed by atoms with van der Waals surface area (Å²) in [4.78, 5) is 12.0. The van der Waals surface area contributed by atoms with Gasteiger partial charge in [-0.15, -0.1) is 0 Å². The van der Waals surface area contributed by atoms with Crippen LogP contribution in [0.2, 0.25) is 0 Å². The van der Waals surface area contributed by atoms with Crippen LogP contribution < -0.4 is 4.74 Å². The number of fused-ring (bicyclic) bond motifs is 3. The molecule has 0 bridgehead atoms. The molecule has 0 saturated carbocycles. The highest BCUT2D eigenvalue weighted by Crippen LogP contribution is 2.31. The first-order chi connectivity index (χ1) is 11.7. The normalized spacial score (nSPS) is 11.1. The number of carbonyl (C=O) groups is 1. The number of hydrogen-bond acceptors (Lipinski definition) is 3. The fraction of sp³-hybridized carbons (Fsp3) is 0.316. The molecule has 1 heterocycles. The predicted molar refractivity (Wildman–Crippen MR) is 100.0 cm³/mol. The smallest absolute Gasteiger partial charge is 0.325 e. The zero-order valence-electron chi connectivity index (χ0n) is 13.6. The Bertz CT molecular complexity index is 856. The van der Waals surface area contributed by atoms with Crippen molar-refractivity contribution in [2.45, 2.75) is 19.9 Å². The lowest BCUT2D eigenvalue weighted by Crippen LogP contribution is -2.13. The summed E-state index contributed by atoms with van der Waals surface area (Å²) < 4.78 is 12.9. The van der Waals surface area contributed by atoms with E-state index in [1.807, 2.05) is 41.8 Å². The topological polar surface area (TPSA) is 40.5 Å². The lowest BCUT2D eigenvalue weighted by molar-refractivity contribution is -0.143. The van der Waals surface area contributed by atoms with Crippen molar-refractivity contribution >= 4 is 43.7 Å². The zero-order chi connectivity index (χ0) is 16.9. The monoisotopic (exact) mass is 389 g/mol. The van der Waals surface area contributed by atoms with E-state index in [0.717, 1.165) is 39.3 Å². The standard InChI is InChI=1S/C19H20BrNO3/c1-2-23-19(22)13-21-17-7-4-3-6-15(17)16-9-8-14(12-18(16)21)24-11-5-10-20/h3-4,6-9,12H,2,5,10-11,13H2,1H3. The maximum atomic E-state index is 12.0. The highest BCUT2D eigenvalue weighted by molar-refractivity contribution is 9.09. The highest BCUT2D eigenvalue weighted by atomic mass is 79.9. The van der Waals surface area contributed by atoms with Gasteiger partial charge in [0.15, 0.2) is 0 Å². The molecule has 3 rings (SSSR count). The van der Waals surface area contributed by atoms with Crippen molar-refractivity contribution in [1.29, 1.82) is 0 Å². The van der Waals surface area contributed by atoms with Gasteiger partial charge in [-0.2, -0.15) is 0 Å². The molecule has 2 aromatic carbocycles. The fourth-order valence-electron chi connectivity index (χ4n) is 2.87. The van der Waals surface area contributed by atoms with E-state index in [9.17, 15) is 4.79 Å². The Balaban J connectivity index is 2.06. The van der Waals surface area contributed by atoms with E-state index in [2.05, 4.69) is 28.1 Å². The minimum Gasteiger partial charge on any atom is -0.493 e. The number of hydrogen-bond donors (Lipinski definition) is 0. The van der Waals surface area contributed by atoms with Gasteiger partial charge >= 0.3 is 5.97 Å². The molecule has 1 aromatic heterocycles. The molecule has 126 valence electrons. The average molecular weight is 390 g/mol. The Morgan fingerprint density at radius 1 is 1.12 bits per heavy atom. The third-order valence-corrected chi connectivity index (χ3v) is 4.44. The molecule has 0 aliphatic carbocycles. The number of aromatic nitrogens is 1. The van der Waals surface area contributed by atoms with Gasteiger partial charge < -0.3 is 14.0 Å². The van der Waals surface area contributed by atoms with Gasteiger partial charge in [0.25, 0.3) is 0 Å². The van der Waals surface area contributed by atoms with E-state index in [0.29, 0.717) is 13.2 Å².